The zero-order valence-electron chi connectivity index (χ0n) is 13.6. The zero-order valence-corrected chi connectivity index (χ0v) is 14.5. The highest BCUT2D eigenvalue weighted by atomic mass is 32.2. The lowest BCUT2D eigenvalue weighted by atomic mass is 10.2. The van der Waals surface area contributed by atoms with Crippen LogP contribution in [0.15, 0.2) is 30.3 Å². The van der Waals surface area contributed by atoms with Crippen molar-refractivity contribution in [3.63, 3.8) is 0 Å². The van der Waals surface area contributed by atoms with Crippen molar-refractivity contribution in [1.82, 2.24) is 9.21 Å². The number of nitrogens with zero attached hydrogens (tertiary/aromatic N) is 2. The molecule has 128 valence electrons. The van der Waals surface area contributed by atoms with Gasteiger partial charge in [-0.05, 0) is 31.4 Å². The predicted octanol–water partition coefficient (Wildman–Crippen LogP) is 1.34. The molecule has 1 aliphatic rings. The van der Waals surface area contributed by atoms with Crippen LogP contribution in [0.2, 0.25) is 0 Å². The predicted molar refractivity (Wildman–Crippen MR) is 88.8 cm³/mol. The monoisotopic (exact) mass is 340 g/mol. The highest BCUT2D eigenvalue weighted by Gasteiger charge is 2.37. The molecule has 0 spiro atoms. The summed E-state index contributed by atoms with van der Waals surface area (Å²) in [5.74, 6) is 0.674. The van der Waals surface area contributed by atoms with Crippen LogP contribution in [0.1, 0.15) is 19.3 Å². The fourth-order valence-electron chi connectivity index (χ4n) is 2.76. The Bertz CT molecular complexity index is 618. The highest BCUT2D eigenvalue weighted by molar-refractivity contribution is 7.88. The van der Waals surface area contributed by atoms with Crippen molar-refractivity contribution in [2.75, 3.05) is 33.0 Å². The molecule has 1 aromatic carbocycles. The molecule has 6 nitrogen and oxygen atoms in total. The van der Waals surface area contributed by atoms with Gasteiger partial charge >= 0.3 is 0 Å². The lowest BCUT2D eigenvalue weighted by Crippen LogP contribution is -2.46. The molecule has 1 heterocycles. The van der Waals surface area contributed by atoms with E-state index < -0.39 is 16.1 Å². The number of ether oxygens (including phenoxy) is 1. The van der Waals surface area contributed by atoms with Gasteiger partial charge in [0.2, 0.25) is 15.9 Å². The maximum Gasteiger partial charge on any atom is 0.240 e. The first-order valence-electron chi connectivity index (χ1n) is 7.79. The normalized spacial score (nSPS) is 18.8. The van der Waals surface area contributed by atoms with E-state index >= 15 is 0 Å². The summed E-state index contributed by atoms with van der Waals surface area (Å²) in [6.07, 6.45) is 3.18. The van der Waals surface area contributed by atoms with Gasteiger partial charge in [0.25, 0.3) is 0 Å². The molecule has 7 heteroatoms. The Morgan fingerprint density at radius 3 is 2.70 bits per heavy atom. The van der Waals surface area contributed by atoms with Crippen LogP contribution >= 0.6 is 0 Å². The Hall–Kier alpha value is -1.60. The van der Waals surface area contributed by atoms with Crippen LogP contribution in [0.25, 0.3) is 0 Å². The van der Waals surface area contributed by atoms with Crippen molar-refractivity contribution in [3.8, 4) is 5.75 Å². The summed E-state index contributed by atoms with van der Waals surface area (Å²) in [6, 6.07) is 8.96. The van der Waals surface area contributed by atoms with Crippen molar-refractivity contribution in [2.45, 2.75) is 25.3 Å². The van der Waals surface area contributed by atoms with Crippen LogP contribution in [0, 0.1) is 0 Å². The number of carbonyl (C=O) groups is 1. The second-order valence-corrected chi connectivity index (χ2v) is 7.74. The number of sulfonamides is 1. The molecule has 0 saturated carbocycles. The van der Waals surface area contributed by atoms with Crippen molar-refractivity contribution in [3.05, 3.63) is 30.3 Å². The molecular formula is C16H24N2O4S. The summed E-state index contributed by atoms with van der Waals surface area (Å²) in [7, 11) is -1.62. The van der Waals surface area contributed by atoms with Crippen LogP contribution < -0.4 is 4.74 Å². The third kappa shape index (κ3) is 4.94. The molecule has 1 atom stereocenters. The molecule has 23 heavy (non-hydrogen) atoms. The second kappa shape index (κ2) is 7.79. The number of para-hydroxylation sites is 1. The zero-order chi connectivity index (χ0) is 16.9. The standard InChI is InChI=1S/C16H24N2O4S/c1-17(11-7-13-22-14-8-4-3-5-9-14)16(19)15-10-6-12-18(15)23(2,20)21/h3-5,8-9,15H,6-7,10-13H2,1-2H3. The van der Waals surface area contributed by atoms with Crippen molar-refractivity contribution in [2.24, 2.45) is 0 Å². The summed E-state index contributed by atoms with van der Waals surface area (Å²) in [6.45, 7) is 1.49. The molecular weight excluding hydrogens is 316 g/mol. The Balaban J connectivity index is 1.79. The van der Waals surface area contributed by atoms with Gasteiger partial charge in [0.1, 0.15) is 11.8 Å². The maximum absolute atomic E-state index is 12.4. The smallest absolute Gasteiger partial charge is 0.240 e. The first kappa shape index (κ1) is 17.7. The summed E-state index contributed by atoms with van der Waals surface area (Å²) < 4.78 is 30.4. The van der Waals surface area contributed by atoms with E-state index in [1.165, 1.54) is 4.31 Å². The number of likely N-dealkylation sites (N-methyl/N-ethyl adjacent to an activating group) is 1. The molecule has 0 aromatic heterocycles. The van der Waals surface area contributed by atoms with Gasteiger partial charge in [0, 0.05) is 20.1 Å². The highest BCUT2D eigenvalue weighted by Crippen LogP contribution is 2.21. The SMILES string of the molecule is CN(CCCOc1ccccc1)C(=O)C1CCCN1S(C)(=O)=O. The van der Waals surface area contributed by atoms with Crippen LogP contribution in [-0.4, -0.2) is 62.6 Å². The van der Waals surface area contributed by atoms with Gasteiger partial charge in [-0.15, -0.1) is 0 Å². The summed E-state index contributed by atoms with van der Waals surface area (Å²) in [5, 5.41) is 0. The first-order valence-corrected chi connectivity index (χ1v) is 9.64. The van der Waals surface area contributed by atoms with E-state index in [0.717, 1.165) is 18.4 Å². The van der Waals surface area contributed by atoms with E-state index in [-0.39, 0.29) is 5.91 Å². The fraction of sp³-hybridized carbons (Fsp3) is 0.562. The second-order valence-electron chi connectivity index (χ2n) is 5.81. The number of carbonyl (C=O) groups excluding carboxylic acids is 1. The Morgan fingerprint density at radius 1 is 1.35 bits per heavy atom. The van der Waals surface area contributed by atoms with E-state index in [2.05, 4.69) is 0 Å². The molecule has 2 rings (SSSR count). The Morgan fingerprint density at radius 2 is 2.04 bits per heavy atom. The minimum Gasteiger partial charge on any atom is -0.494 e. The molecule has 0 N–H and O–H groups in total. The fourth-order valence-corrected chi connectivity index (χ4v) is 3.88. The van der Waals surface area contributed by atoms with Crippen molar-refractivity contribution >= 4 is 15.9 Å². The Labute approximate surface area is 138 Å². The van der Waals surface area contributed by atoms with Crippen molar-refractivity contribution < 1.29 is 17.9 Å². The molecule has 1 aromatic rings. The van der Waals surface area contributed by atoms with Gasteiger partial charge in [0.15, 0.2) is 0 Å². The lowest BCUT2D eigenvalue weighted by molar-refractivity contribution is -0.133. The van der Waals surface area contributed by atoms with Crippen molar-refractivity contribution in [1.29, 1.82) is 0 Å². The van der Waals surface area contributed by atoms with E-state index in [1.807, 2.05) is 30.3 Å². The molecule has 0 aliphatic carbocycles. The number of amides is 1. The number of benzene rings is 1. The third-order valence-electron chi connectivity index (χ3n) is 3.94. The van der Waals surface area contributed by atoms with Crippen LogP contribution in [0.3, 0.4) is 0 Å². The summed E-state index contributed by atoms with van der Waals surface area (Å²) in [4.78, 5) is 14.0. The molecule has 1 fully saturated rings. The minimum atomic E-state index is -3.33. The average Bonchev–Trinajstić information content (AvgIpc) is 3.01. The molecule has 1 aliphatic heterocycles. The topological polar surface area (TPSA) is 66.9 Å². The van der Waals surface area contributed by atoms with E-state index in [4.69, 9.17) is 4.74 Å². The van der Waals surface area contributed by atoms with Crippen LogP contribution in [0.4, 0.5) is 0 Å². The summed E-state index contributed by atoms with van der Waals surface area (Å²) >= 11 is 0. The lowest BCUT2D eigenvalue weighted by Gasteiger charge is -2.26. The van der Waals surface area contributed by atoms with Gasteiger partial charge in [-0.1, -0.05) is 18.2 Å². The van der Waals surface area contributed by atoms with Gasteiger partial charge in [-0.3, -0.25) is 4.79 Å². The molecule has 0 bridgehead atoms. The molecule has 1 unspecified atom stereocenters. The molecule has 1 saturated heterocycles. The van der Waals surface area contributed by atoms with Crippen LogP contribution in [-0.2, 0) is 14.8 Å². The molecule has 1 amide bonds. The largest absolute Gasteiger partial charge is 0.494 e. The van der Waals surface area contributed by atoms with E-state index in [1.54, 1.807) is 11.9 Å². The Kier molecular flexibility index (Phi) is 6.01. The van der Waals surface area contributed by atoms with Crippen LogP contribution in [0.5, 0.6) is 5.75 Å². The average molecular weight is 340 g/mol. The number of hydrogen-bond donors (Lipinski definition) is 0. The van der Waals surface area contributed by atoms with Gasteiger partial charge in [-0.2, -0.15) is 4.31 Å². The van der Waals surface area contributed by atoms with Gasteiger partial charge in [0.05, 0.1) is 12.9 Å². The third-order valence-corrected chi connectivity index (χ3v) is 5.23. The quantitative estimate of drug-likeness (QED) is 0.703. The summed E-state index contributed by atoms with van der Waals surface area (Å²) in [5.41, 5.74) is 0. The first-order chi connectivity index (χ1) is 10.9. The van der Waals surface area contributed by atoms with Gasteiger partial charge < -0.3 is 9.64 Å². The number of hydrogen-bond acceptors (Lipinski definition) is 4. The van der Waals surface area contributed by atoms with E-state index in [0.29, 0.717) is 32.5 Å². The number of rotatable bonds is 7. The minimum absolute atomic E-state index is 0.132. The maximum atomic E-state index is 12.4. The molecule has 0 radical (unpaired) electrons. The van der Waals surface area contributed by atoms with Gasteiger partial charge in [-0.25, -0.2) is 8.42 Å². The van der Waals surface area contributed by atoms with E-state index in [9.17, 15) is 13.2 Å².